The predicted molar refractivity (Wildman–Crippen MR) is 73.4 cm³/mol. The fourth-order valence-electron chi connectivity index (χ4n) is 1.73. The predicted octanol–water partition coefficient (Wildman–Crippen LogP) is 3.34. The van der Waals surface area contributed by atoms with Crippen LogP contribution in [0.4, 0.5) is 0 Å². The van der Waals surface area contributed by atoms with E-state index in [4.69, 9.17) is 11.6 Å². The maximum atomic E-state index is 5.79. The number of hydrogen-bond donors (Lipinski definition) is 1. The van der Waals surface area contributed by atoms with Crippen molar-refractivity contribution in [2.24, 2.45) is 5.92 Å². The molecule has 0 aliphatic carbocycles. The van der Waals surface area contributed by atoms with E-state index in [1.807, 2.05) is 10.9 Å². The summed E-state index contributed by atoms with van der Waals surface area (Å²) in [7, 11) is 0. The highest BCUT2D eigenvalue weighted by Crippen LogP contribution is 2.07. The van der Waals surface area contributed by atoms with Crippen LogP contribution in [0.1, 0.15) is 39.5 Å². The second-order valence-electron chi connectivity index (χ2n) is 4.93. The molecule has 1 aromatic rings. The van der Waals surface area contributed by atoms with Crippen molar-refractivity contribution in [3.8, 4) is 0 Å². The van der Waals surface area contributed by atoms with Gasteiger partial charge in [0.15, 0.2) is 0 Å². The molecule has 1 heterocycles. The first-order chi connectivity index (χ1) is 8.18. The minimum Gasteiger partial charge on any atom is -0.316 e. The molecule has 98 valence electrons. The van der Waals surface area contributed by atoms with E-state index in [1.165, 1.54) is 25.7 Å². The van der Waals surface area contributed by atoms with Gasteiger partial charge in [0, 0.05) is 12.7 Å². The summed E-state index contributed by atoms with van der Waals surface area (Å²) in [5.74, 6) is 0.750. The van der Waals surface area contributed by atoms with Crippen molar-refractivity contribution in [1.82, 2.24) is 15.1 Å². The van der Waals surface area contributed by atoms with Crippen molar-refractivity contribution in [1.29, 1.82) is 0 Å². The number of aryl methyl sites for hydroxylation is 1. The Bertz CT molecular complexity index is 297. The molecule has 0 aliphatic heterocycles. The Morgan fingerprint density at radius 2 is 2.06 bits per heavy atom. The average Bonchev–Trinajstić information content (AvgIpc) is 2.68. The number of rotatable bonds is 9. The molecule has 3 nitrogen and oxygen atoms in total. The second kappa shape index (κ2) is 8.54. The van der Waals surface area contributed by atoms with E-state index in [9.17, 15) is 0 Å². The SMILES string of the molecule is CC(C)CNCCCCCCn1cc(Cl)cn1. The first kappa shape index (κ1) is 14.5. The van der Waals surface area contributed by atoms with Gasteiger partial charge in [-0.2, -0.15) is 5.10 Å². The molecule has 0 aliphatic rings. The topological polar surface area (TPSA) is 29.9 Å². The maximum absolute atomic E-state index is 5.79. The summed E-state index contributed by atoms with van der Waals surface area (Å²) in [6, 6.07) is 0. The highest BCUT2D eigenvalue weighted by molar-refractivity contribution is 6.30. The molecule has 0 saturated carbocycles. The molecule has 0 spiro atoms. The van der Waals surface area contributed by atoms with Gasteiger partial charge >= 0.3 is 0 Å². The zero-order valence-corrected chi connectivity index (χ0v) is 11.7. The summed E-state index contributed by atoms with van der Waals surface area (Å²) < 4.78 is 1.92. The van der Waals surface area contributed by atoms with Gasteiger partial charge in [0.05, 0.1) is 11.2 Å². The Hall–Kier alpha value is -0.540. The molecule has 0 unspecified atom stereocenters. The molecule has 0 saturated heterocycles. The molecule has 1 aromatic heterocycles. The minimum atomic E-state index is 0.725. The molecule has 4 heteroatoms. The number of hydrogen-bond acceptors (Lipinski definition) is 2. The molecular weight excluding hydrogens is 234 g/mol. The highest BCUT2D eigenvalue weighted by Gasteiger charge is 1.96. The van der Waals surface area contributed by atoms with Gasteiger partial charge in [-0.05, 0) is 31.8 Å². The Morgan fingerprint density at radius 1 is 1.29 bits per heavy atom. The Balaban J connectivity index is 1.88. The molecule has 0 amide bonds. The van der Waals surface area contributed by atoms with Gasteiger partial charge in [-0.25, -0.2) is 0 Å². The first-order valence-corrected chi connectivity index (χ1v) is 6.95. The number of unbranched alkanes of at least 4 members (excludes halogenated alkanes) is 3. The van der Waals surface area contributed by atoms with Crippen LogP contribution in [0.15, 0.2) is 12.4 Å². The number of halogens is 1. The van der Waals surface area contributed by atoms with Crippen molar-refractivity contribution in [3.63, 3.8) is 0 Å². The van der Waals surface area contributed by atoms with Gasteiger partial charge in [0.25, 0.3) is 0 Å². The van der Waals surface area contributed by atoms with E-state index < -0.39 is 0 Å². The summed E-state index contributed by atoms with van der Waals surface area (Å²) in [6.45, 7) is 7.73. The van der Waals surface area contributed by atoms with Crippen molar-refractivity contribution in [3.05, 3.63) is 17.4 Å². The van der Waals surface area contributed by atoms with Crippen LogP contribution in [0.2, 0.25) is 5.02 Å². The van der Waals surface area contributed by atoms with Gasteiger partial charge in [-0.3, -0.25) is 4.68 Å². The van der Waals surface area contributed by atoms with Gasteiger partial charge in [0.2, 0.25) is 0 Å². The van der Waals surface area contributed by atoms with Gasteiger partial charge in [-0.1, -0.05) is 38.3 Å². The number of nitrogens with one attached hydrogen (secondary N) is 1. The summed E-state index contributed by atoms with van der Waals surface area (Å²) in [6.07, 6.45) is 8.58. The van der Waals surface area contributed by atoms with Crippen LogP contribution in [0.25, 0.3) is 0 Å². The van der Waals surface area contributed by atoms with E-state index in [2.05, 4.69) is 24.3 Å². The minimum absolute atomic E-state index is 0.725. The van der Waals surface area contributed by atoms with Crippen LogP contribution in [0.5, 0.6) is 0 Å². The fourth-order valence-corrected chi connectivity index (χ4v) is 1.89. The van der Waals surface area contributed by atoms with Crippen LogP contribution >= 0.6 is 11.6 Å². The lowest BCUT2D eigenvalue weighted by Crippen LogP contribution is -2.20. The second-order valence-corrected chi connectivity index (χ2v) is 5.37. The molecule has 1 N–H and O–H groups in total. The quantitative estimate of drug-likeness (QED) is 0.688. The van der Waals surface area contributed by atoms with E-state index >= 15 is 0 Å². The standard InChI is InChI=1S/C13H24ClN3/c1-12(2)9-15-7-5-3-4-6-8-17-11-13(14)10-16-17/h10-12,15H,3-9H2,1-2H3. The molecule has 0 atom stereocenters. The number of aromatic nitrogens is 2. The summed E-state index contributed by atoms with van der Waals surface area (Å²) in [5, 5.41) is 8.34. The summed E-state index contributed by atoms with van der Waals surface area (Å²) in [5.41, 5.74) is 0. The molecule has 17 heavy (non-hydrogen) atoms. The van der Waals surface area contributed by atoms with Crippen molar-refractivity contribution < 1.29 is 0 Å². The monoisotopic (exact) mass is 257 g/mol. The third-order valence-corrected chi connectivity index (χ3v) is 2.84. The Morgan fingerprint density at radius 3 is 2.71 bits per heavy atom. The fraction of sp³-hybridized carbons (Fsp3) is 0.769. The molecular formula is C13H24ClN3. The number of nitrogens with zero attached hydrogens (tertiary/aromatic N) is 2. The van der Waals surface area contributed by atoms with Gasteiger partial charge in [-0.15, -0.1) is 0 Å². The van der Waals surface area contributed by atoms with Crippen LogP contribution in [0, 0.1) is 5.92 Å². The Labute approximate surface area is 110 Å². The van der Waals surface area contributed by atoms with Crippen LogP contribution < -0.4 is 5.32 Å². The first-order valence-electron chi connectivity index (χ1n) is 6.57. The van der Waals surface area contributed by atoms with Crippen molar-refractivity contribution in [2.75, 3.05) is 13.1 Å². The van der Waals surface area contributed by atoms with E-state index in [1.54, 1.807) is 6.20 Å². The third-order valence-electron chi connectivity index (χ3n) is 2.65. The van der Waals surface area contributed by atoms with E-state index in [0.717, 1.165) is 30.6 Å². The van der Waals surface area contributed by atoms with Crippen molar-refractivity contribution >= 4 is 11.6 Å². The molecule has 0 radical (unpaired) electrons. The van der Waals surface area contributed by atoms with Crippen LogP contribution in [0.3, 0.4) is 0 Å². The third kappa shape index (κ3) is 7.40. The highest BCUT2D eigenvalue weighted by atomic mass is 35.5. The van der Waals surface area contributed by atoms with E-state index in [-0.39, 0.29) is 0 Å². The van der Waals surface area contributed by atoms with Crippen LogP contribution in [-0.2, 0) is 6.54 Å². The normalized spacial score (nSPS) is 11.3. The lowest BCUT2D eigenvalue weighted by Gasteiger charge is -2.07. The van der Waals surface area contributed by atoms with Crippen molar-refractivity contribution in [2.45, 2.75) is 46.1 Å². The maximum Gasteiger partial charge on any atom is 0.0785 e. The lowest BCUT2D eigenvalue weighted by atomic mass is 10.2. The van der Waals surface area contributed by atoms with Gasteiger partial charge in [0.1, 0.15) is 0 Å². The Kier molecular flexibility index (Phi) is 7.29. The molecule has 0 bridgehead atoms. The zero-order valence-electron chi connectivity index (χ0n) is 11.0. The zero-order chi connectivity index (χ0) is 12.5. The largest absolute Gasteiger partial charge is 0.316 e. The molecule has 1 rings (SSSR count). The smallest absolute Gasteiger partial charge is 0.0785 e. The summed E-state index contributed by atoms with van der Waals surface area (Å²) >= 11 is 5.79. The van der Waals surface area contributed by atoms with Gasteiger partial charge < -0.3 is 5.32 Å². The average molecular weight is 258 g/mol. The lowest BCUT2D eigenvalue weighted by molar-refractivity contribution is 0.505. The van der Waals surface area contributed by atoms with E-state index in [0.29, 0.717) is 0 Å². The summed E-state index contributed by atoms with van der Waals surface area (Å²) in [4.78, 5) is 0. The molecule has 0 aromatic carbocycles. The van der Waals surface area contributed by atoms with Crippen LogP contribution in [-0.4, -0.2) is 22.9 Å². The molecule has 0 fully saturated rings.